The van der Waals surface area contributed by atoms with Crippen LogP contribution in [0.15, 0.2) is 78.9 Å². The lowest BCUT2D eigenvalue weighted by molar-refractivity contribution is 0.414. The van der Waals surface area contributed by atoms with Crippen LogP contribution < -0.4 is 10.1 Å². The van der Waals surface area contributed by atoms with E-state index in [1.54, 1.807) is 7.11 Å². The van der Waals surface area contributed by atoms with E-state index in [9.17, 15) is 0 Å². The predicted octanol–water partition coefficient (Wildman–Crippen LogP) is 4.32. The highest BCUT2D eigenvalue weighted by atomic mass is 16.5. The first-order valence-corrected chi connectivity index (χ1v) is 9.53. The zero-order chi connectivity index (χ0) is 20.1. The van der Waals surface area contributed by atoms with E-state index in [-0.39, 0.29) is 12.1 Å². The van der Waals surface area contributed by atoms with Gasteiger partial charge in [-0.25, -0.2) is 0 Å². The number of benzene rings is 3. The van der Waals surface area contributed by atoms with E-state index in [1.807, 2.05) is 30.3 Å². The molecule has 6 heteroatoms. The van der Waals surface area contributed by atoms with Crippen LogP contribution in [0.25, 0.3) is 11.4 Å². The number of nitrogens with one attached hydrogen (secondary N) is 2. The van der Waals surface area contributed by atoms with E-state index in [4.69, 9.17) is 4.74 Å². The highest BCUT2D eigenvalue weighted by Crippen LogP contribution is 2.28. The highest BCUT2D eigenvalue weighted by Gasteiger charge is 2.18. The predicted molar refractivity (Wildman–Crippen MR) is 112 cm³/mol. The number of aromatic nitrogens is 4. The lowest BCUT2D eigenvalue weighted by Crippen LogP contribution is -2.25. The molecule has 2 unspecified atom stereocenters. The maximum absolute atomic E-state index is 5.32. The smallest absolute Gasteiger partial charge is 0.204 e. The fraction of sp³-hybridized carbons (Fsp3) is 0.174. The maximum Gasteiger partial charge on any atom is 0.204 e. The average molecular weight is 385 g/mol. The topological polar surface area (TPSA) is 75.7 Å². The van der Waals surface area contributed by atoms with Gasteiger partial charge < -0.3 is 4.74 Å². The van der Waals surface area contributed by atoms with E-state index in [0.29, 0.717) is 5.82 Å². The van der Waals surface area contributed by atoms with Gasteiger partial charge in [0, 0.05) is 11.6 Å². The first kappa shape index (κ1) is 18.8. The zero-order valence-electron chi connectivity index (χ0n) is 16.4. The Bertz CT molecular complexity index is 1020. The molecule has 0 aliphatic rings. The van der Waals surface area contributed by atoms with Gasteiger partial charge >= 0.3 is 0 Å². The molecule has 0 saturated carbocycles. The van der Waals surface area contributed by atoms with Crippen molar-refractivity contribution in [3.63, 3.8) is 0 Å². The summed E-state index contributed by atoms with van der Waals surface area (Å²) < 4.78 is 5.32. The van der Waals surface area contributed by atoms with Crippen LogP contribution in [-0.4, -0.2) is 27.7 Å². The molecule has 6 nitrogen and oxygen atoms in total. The molecule has 1 aromatic heterocycles. The van der Waals surface area contributed by atoms with Crippen LogP contribution in [0.3, 0.4) is 0 Å². The van der Waals surface area contributed by atoms with Gasteiger partial charge in [0.1, 0.15) is 5.75 Å². The van der Waals surface area contributed by atoms with Crippen LogP contribution in [-0.2, 0) is 0 Å². The number of aromatic amines is 1. The molecule has 2 N–H and O–H groups in total. The quantitative estimate of drug-likeness (QED) is 0.496. The van der Waals surface area contributed by atoms with Crippen molar-refractivity contribution in [1.29, 1.82) is 0 Å². The van der Waals surface area contributed by atoms with Crippen molar-refractivity contribution in [2.75, 3.05) is 7.11 Å². The van der Waals surface area contributed by atoms with Gasteiger partial charge in [-0.3, -0.25) is 5.32 Å². The van der Waals surface area contributed by atoms with Gasteiger partial charge in [0.15, 0.2) is 0 Å². The van der Waals surface area contributed by atoms with Gasteiger partial charge in [0.05, 0.1) is 13.2 Å². The van der Waals surface area contributed by atoms with Gasteiger partial charge in [0.2, 0.25) is 5.82 Å². The Balaban J connectivity index is 1.65. The Morgan fingerprint density at radius 3 is 2.07 bits per heavy atom. The SMILES string of the molecule is COc1ccc(C(NC(C)c2ccccc2)c2ccc(-c3nn[nH]n3)cc2)cc1. The number of rotatable bonds is 7. The number of hydrogen-bond acceptors (Lipinski definition) is 5. The number of ether oxygens (including phenoxy) is 1. The molecule has 146 valence electrons. The van der Waals surface area contributed by atoms with Gasteiger partial charge in [-0.15, -0.1) is 10.2 Å². The second-order valence-electron chi connectivity index (χ2n) is 6.86. The minimum atomic E-state index is 0.0235. The second-order valence-corrected chi connectivity index (χ2v) is 6.86. The third-order valence-corrected chi connectivity index (χ3v) is 5.01. The van der Waals surface area contributed by atoms with Crippen LogP contribution >= 0.6 is 0 Å². The van der Waals surface area contributed by atoms with E-state index in [2.05, 4.69) is 81.4 Å². The first-order valence-electron chi connectivity index (χ1n) is 9.53. The summed E-state index contributed by atoms with van der Waals surface area (Å²) >= 11 is 0. The molecular weight excluding hydrogens is 362 g/mol. The number of hydrogen-bond donors (Lipinski definition) is 2. The molecule has 3 aromatic carbocycles. The third-order valence-electron chi connectivity index (χ3n) is 5.01. The molecule has 0 amide bonds. The number of methoxy groups -OCH3 is 1. The van der Waals surface area contributed by atoms with Crippen molar-refractivity contribution in [1.82, 2.24) is 25.9 Å². The maximum atomic E-state index is 5.32. The summed E-state index contributed by atoms with van der Waals surface area (Å²) in [4.78, 5) is 0. The summed E-state index contributed by atoms with van der Waals surface area (Å²) in [5.41, 5.74) is 4.49. The molecule has 2 atom stereocenters. The van der Waals surface area contributed by atoms with Crippen LogP contribution in [0.4, 0.5) is 0 Å². The molecule has 1 heterocycles. The summed E-state index contributed by atoms with van der Waals surface area (Å²) in [6, 6.07) is 27.1. The zero-order valence-corrected chi connectivity index (χ0v) is 16.4. The molecule has 4 aromatic rings. The molecule has 0 bridgehead atoms. The monoisotopic (exact) mass is 385 g/mol. The fourth-order valence-electron chi connectivity index (χ4n) is 3.38. The van der Waals surface area contributed by atoms with Crippen LogP contribution in [0.5, 0.6) is 5.75 Å². The first-order chi connectivity index (χ1) is 14.2. The van der Waals surface area contributed by atoms with Crippen molar-refractivity contribution < 1.29 is 4.74 Å². The Labute approximate surface area is 169 Å². The van der Waals surface area contributed by atoms with Crippen LogP contribution in [0.2, 0.25) is 0 Å². The summed E-state index contributed by atoms with van der Waals surface area (Å²) in [7, 11) is 1.68. The lowest BCUT2D eigenvalue weighted by Gasteiger charge is -2.25. The van der Waals surface area contributed by atoms with Gasteiger partial charge in [-0.1, -0.05) is 66.7 Å². The van der Waals surface area contributed by atoms with E-state index < -0.39 is 0 Å². The average Bonchev–Trinajstić information content (AvgIpc) is 3.33. The highest BCUT2D eigenvalue weighted by molar-refractivity contribution is 5.55. The van der Waals surface area contributed by atoms with Crippen LogP contribution in [0, 0.1) is 0 Å². The van der Waals surface area contributed by atoms with Gasteiger partial charge in [0.25, 0.3) is 0 Å². The summed E-state index contributed by atoms with van der Waals surface area (Å²) in [6.45, 7) is 2.18. The van der Waals surface area contributed by atoms with Gasteiger partial charge in [-0.05, 0) is 41.0 Å². The lowest BCUT2D eigenvalue weighted by atomic mass is 9.95. The van der Waals surface area contributed by atoms with Gasteiger partial charge in [-0.2, -0.15) is 5.21 Å². The molecule has 0 fully saturated rings. The Hall–Kier alpha value is -3.51. The van der Waals surface area contributed by atoms with E-state index in [1.165, 1.54) is 11.1 Å². The fourth-order valence-corrected chi connectivity index (χ4v) is 3.38. The number of tetrazole rings is 1. The molecular formula is C23H23N5O. The number of nitrogens with zero attached hydrogens (tertiary/aromatic N) is 3. The van der Waals surface area contributed by atoms with Crippen molar-refractivity contribution in [2.24, 2.45) is 0 Å². The third kappa shape index (κ3) is 4.33. The minimum Gasteiger partial charge on any atom is -0.497 e. The Morgan fingerprint density at radius 2 is 1.48 bits per heavy atom. The minimum absolute atomic E-state index is 0.0235. The van der Waals surface area contributed by atoms with E-state index in [0.717, 1.165) is 16.9 Å². The summed E-state index contributed by atoms with van der Waals surface area (Å²) in [5, 5.41) is 18.0. The standard InChI is InChI=1S/C23H23N5O/c1-16(17-6-4-3-5-7-17)24-22(19-12-14-21(29-2)15-13-19)18-8-10-20(11-9-18)23-25-27-28-26-23/h3-16,22,24H,1-2H3,(H,25,26,27,28). The summed E-state index contributed by atoms with van der Waals surface area (Å²) in [6.07, 6.45) is 0. The van der Waals surface area contributed by atoms with E-state index >= 15 is 0 Å². The Kier molecular flexibility index (Phi) is 5.63. The van der Waals surface area contributed by atoms with Crippen molar-refractivity contribution >= 4 is 0 Å². The molecule has 0 aliphatic carbocycles. The normalized spacial score (nSPS) is 13.0. The molecule has 29 heavy (non-hydrogen) atoms. The van der Waals surface area contributed by atoms with Crippen LogP contribution in [0.1, 0.15) is 35.7 Å². The molecule has 4 rings (SSSR count). The molecule has 0 radical (unpaired) electrons. The number of H-pyrrole nitrogens is 1. The summed E-state index contributed by atoms with van der Waals surface area (Å²) in [5.74, 6) is 1.43. The molecule has 0 aliphatic heterocycles. The largest absolute Gasteiger partial charge is 0.497 e. The molecule has 0 saturated heterocycles. The van der Waals surface area contributed by atoms with Crippen molar-refractivity contribution in [2.45, 2.75) is 19.0 Å². The Morgan fingerprint density at radius 1 is 0.828 bits per heavy atom. The van der Waals surface area contributed by atoms with Crippen molar-refractivity contribution in [3.8, 4) is 17.1 Å². The molecule has 0 spiro atoms. The second kappa shape index (κ2) is 8.67. The van der Waals surface area contributed by atoms with Crippen molar-refractivity contribution in [3.05, 3.63) is 95.6 Å².